The topological polar surface area (TPSA) is 44.8 Å². The number of carbonyl (C=O) groups excluding carboxylic acids is 1. The van der Waals surface area contributed by atoms with Crippen LogP contribution in [0, 0.1) is 0 Å². The van der Waals surface area contributed by atoms with E-state index < -0.39 is 0 Å². The predicted octanol–water partition coefficient (Wildman–Crippen LogP) is 0.697. The minimum Gasteiger partial charge on any atom is -0.380 e. The van der Waals surface area contributed by atoms with Crippen LogP contribution in [0.1, 0.15) is 11.1 Å². The molecule has 1 aliphatic heterocycles. The maximum Gasteiger partial charge on any atom is 0.236 e. The van der Waals surface area contributed by atoms with Crippen molar-refractivity contribution in [2.24, 2.45) is 0 Å². The van der Waals surface area contributed by atoms with Gasteiger partial charge in [-0.05, 0) is 18.2 Å². The fraction of sp³-hybridized carbons (Fsp3) is 0.562. The van der Waals surface area contributed by atoms with Gasteiger partial charge in [0.25, 0.3) is 0 Å². The van der Waals surface area contributed by atoms with Crippen molar-refractivity contribution < 1.29 is 9.53 Å². The fourth-order valence-electron chi connectivity index (χ4n) is 2.50. The molecule has 1 heterocycles. The van der Waals surface area contributed by atoms with E-state index in [1.807, 2.05) is 17.0 Å². The van der Waals surface area contributed by atoms with E-state index in [0.29, 0.717) is 19.7 Å². The van der Waals surface area contributed by atoms with Gasteiger partial charge in [-0.2, -0.15) is 0 Å². The Kier molecular flexibility index (Phi) is 6.17. The molecule has 2 rings (SSSR count). The van der Waals surface area contributed by atoms with Gasteiger partial charge < -0.3 is 19.9 Å². The van der Waals surface area contributed by atoms with Crippen molar-refractivity contribution in [2.75, 3.05) is 46.9 Å². The summed E-state index contributed by atoms with van der Waals surface area (Å²) in [5.41, 5.74) is 2.35. The van der Waals surface area contributed by atoms with Crippen LogP contribution in [0.3, 0.4) is 0 Å². The molecular weight excluding hydrogens is 266 g/mol. The number of piperazine rings is 1. The fourth-order valence-corrected chi connectivity index (χ4v) is 2.50. The number of nitrogens with zero attached hydrogens (tertiary/aromatic N) is 2. The third kappa shape index (κ3) is 4.81. The van der Waals surface area contributed by atoms with Crippen LogP contribution >= 0.6 is 0 Å². The molecule has 0 radical (unpaired) electrons. The maximum atomic E-state index is 12.1. The van der Waals surface area contributed by atoms with Gasteiger partial charge in [0.2, 0.25) is 5.91 Å². The minimum absolute atomic E-state index is 0.187. The van der Waals surface area contributed by atoms with Crippen LogP contribution in [0.2, 0.25) is 0 Å². The molecule has 1 N–H and O–H groups in total. The van der Waals surface area contributed by atoms with E-state index in [0.717, 1.165) is 26.2 Å². The second kappa shape index (κ2) is 8.12. The lowest BCUT2D eigenvalue weighted by molar-refractivity contribution is -0.131. The van der Waals surface area contributed by atoms with Gasteiger partial charge in [0.15, 0.2) is 0 Å². The number of likely N-dealkylation sites (N-methyl/N-ethyl adjacent to an activating group) is 1. The van der Waals surface area contributed by atoms with Crippen LogP contribution in [0.15, 0.2) is 24.3 Å². The minimum atomic E-state index is 0.187. The first-order valence-electron chi connectivity index (χ1n) is 7.43. The normalized spacial score (nSPS) is 16.2. The Bertz CT molecular complexity index is 457. The molecule has 1 fully saturated rings. The number of hydrogen-bond acceptors (Lipinski definition) is 4. The summed E-state index contributed by atoms with van der Waals surface area (Å²) in [7, 11) is 3.79. The largest absolute Gasteiger partial charge is 0.380 e. The lowest BCUT2D eigenvalue weighted by Crippen LogP contribution is -2.49. The third-order valence-corrected chi connectivity index (χ3v) is 3.87. The van der Waals surface area contributed by atoms with Crippen molar-refractivity contribution in [1.29, 1.82) is 0 Å². The third-order valence-electron chi connectivity index (χ3n) is 3.87. The van der Waals surface area contributed by atoms with Gasteiger partial charge in [-0.25, -0.2) is 0 Å². The monoisotopic (exact) mass is 291 g/mol. The zero-order chi connectivity index (χ0) is 15.1. The maximum absolute atomic E-state index is 12.1. The van der Waals surface area contributed by atoms with Crippen LogP contribution < -0.4 is 5.32 Å². The molecule has 1 aromatic rings. The quantitative estimate of drug-likeness (QED) is 0.838. The van der Waals surface area contributed by atoms with Crippen LogP contribution in [0.5, 0.6) is 0 Å². The molecular formula is C16H25N3O2. The Morgan fingerprint density at radius 1 is 1.19 bits per heavy atom. The Morgan fingerprint density at radius 2 is 1.86 bits per heavy atom. The molecule has 0 aromatic heterocycles. The van der Waals surface area contributed by atoms with E-state index in [4.69, 9.17) is 4.74 Å². The number of carbonyl (C=O) groups is 1. The van der Waals surface area contributed by atoms with Gasteiger partial charge in [0.1, 0.15) is 0 Å². The lowest BCUT2D eigenvalue weighted by atomic mass is 10.1. The SMILES string of the molecule is COCc1ccccc1CNCC(=O)N1CCN(C)CC1. The molecule has 0 bridgehead atoms. The molecule has 1 amide bonds. The number of hydrogen-bond donors (Lipinski definition) is 1. The molecule has 21 heavy (non-hydrogen) atoms. The highest BCUT2D eigenvalue weighted by Gasteiger charge is 2.18. The highest BCUT2D eigenvalue weighted by molar-refractivity contribution is 5.78. The number of amides is 1. The van der Waals surface area contributed by atoms with Crippen molar-refractivity contribution >= 4 is 5.91 Å². The Labute approximate surface area is 126 Å². The van der Waals surface area contributed by atoms with Gasteiger partial charge >= 0.3 is 0 Å². The van der Waals surface area contributed by atoms with Crippen molar-refractivity contribution in [3.8, 4) is 0 Å². The molecule has 0 unspecified atom stereocenters. The lowest BCUT2D eigenvalue weighted by Gasteiger charge is -2.32. The average molecular weight is 291 g/mol. The van der Waals surface area contributed by atoms with Gasteiger partial charge in [0.05, 0.1) is 13.2 Å². The van der Waals surface area contributed by atoms with E-state index in [9.17, 15) is 4.79 Å². The van der Waals surface area contributed by atoms with Gasteiger partial charge in [-0.3, -0.25) is 4.79 Å². The van der Waals surface area contributed by atoms with Gasteiger partial charge in [-0.1, -0.05) is 24.3 Å². The first-order chi connectivity index (χ1) is 10.2. The summed E-state index contributed by atoms with van der Waals surface area (Å²) in [6, 6.07) is 8.15. The van der Waals surface area contributed by atoms with Crippen molar-refractivity contribution in [1.82, 2.24) is 15.1 Å². The first-order valence-corrected chi connectivity index (χ1v) is 7.43. The number of rotatable bonds is 6. The zero-order valence-corrected chi connectivity index (χ0v) is 13.0. The van der Waals surface area contributed by atoms with E-state index in [2.05, 4.69) is 29.4 Å². The Hall–Kier alpha value is -1.43. The molecule has 0 saturated carbocycles. The van der Waals surface area contributed by atoms with E-state index in [-0.39, 0.29) is 5.91 Å². The second-order valence-electron chi connectivity index (χ2n) is 5.49. The van der Waals surface area contributed by atoms with Crippen LogP contribution in [0.25, 0.3) is 0 Å². The van der Waals surface area contributed by atoms with Crippen LogP contribution in [0.4, 0.5) is 0 Å². The number of nitrogens with one attached hydrogen (secondary N) is 1. The molecule has 0 atom stereocenters. The summed E-state index contributed by atoms with van der Waals surface area (Å²) < 4.78 is 5.19. The summed E-state index contributed by atoms with van der Waals surface area (Å²) in [6.45, 7) is 5.27. The second-order valence-corrected chi connectivity index (χ2v) is 5.49. The van der Waals surface area contributed by atoms with Crippen molar-refractivity contribution in [3.63, 3.8) is 0 Å². The highest BCUT2D eigenvalue weighted by Crippen LogP contribution is 2.09. The van der Waals surface area contributed by atoms with Crippen LogP contribution in [-0.4, -0.2) is 62.6 Å². The summed E-state index contributed by atoms with van der Waals surface area (Å²) in [5, 5.41) is 3.25. The van der Waals surface area contributed by atoms with Crippen LogP contribution in [-0.2, 0) is 22.7 Å². The molecule has 0 spiro atoms. The summed E-state index contributed by atoms with van der Waals surface area (Å²) >= 11 is 0. The number of benzene rings is 1. The molecule has 1 aliphatic rings. The zero-order valence-electron chi connectivity index (χ0n) is 13.0. The Morgan fingerprint density at radius 3 is 2.52 bits per heavy atom. The predicted molar refractivity (Wildman–Crippen MR) is 82.9 cm³/mol. The summed E-state index contributed by atoms with van der Waals surface area (Å²) in [6.07, 6.45) is 0. The van der Waals surface area contributed by atoms with E-state index in [1.165, 1.54) is 11.1 Å². The molecule has 116 valence electrons. The number of methoxy groups -OCH3 is 1. The van der Waals surface area contributed by atoms with E-state index >= 15 is 0 Å². The van der Waals surface area contributed by atoms with Crippen molar-refractivity contribution in [2.45, 2.75) is 13.2 Å². The summed E-state index contributed by atoms with van der Waals surface area (Å²) in [4.78, 5) is 16.3. The number of ether oxygens (including phenoxy) is 1. The van der Waals surface area contributed by atoms with Crippen molar-refractivity contribution in [3.05, 3.63) is 35.4 Å². The van der Waals surface area contributed by atoms with Gasteiger partial charge in [0, 0.05) is 39.8 Å². The Balaban J connectivity index is 1.77. The molecule has 1 saturated heterocycles. The standard InChI is InChI=1S/C16H25N3O2/c1-18-7-9-19(10-8-18)16(20)12-17-11-14-5-3-4-6-15(14)13-21-2/h3-6,17H,7-13H2,1-2H3. The smallest absolute Gasteiger partial charge is 0.236 e. The summed E-state index contributed by atoms with van der Waals surface area (Å²) in [5.74, 6) is 0.187. The molecule has 1 aromatic carbocycles. The highest BCUT2D eigenvalue weighted by atomic mass is 16.5. The first kappa shape index (κ1) is 15.9. The van der Waals surface area contributed by atoms with E-state index in [1.54, 1.807) is 7.11 Å². The molecule has 0 aliphatic carbocycles. The molecule has 5 nitrogen and oxygen atoms in total. The van der Waals surface area contributed by atoms with Gasteiger partial charge in [-0.15, -0.1) is 0 Å². The molecule has 5 heteroatoms. The average Bonchev–Trinajstić information content (AvgIpc) is 2.50.